The molecule has 5 aliphatic carbocycles. The molecule has 0 saturated heterocycles. The van der Waals surface area contributed by atoms with Crippen molar-refractivity contribution in [3.63, 3.8) is 0 Å². The SMILES string of the molecule is N#Cc1cccc(C2(c3ccccc3)c3ccccc3-c3cc(-c4nc(-c5ccccc5)nc(-c5ccc(C67CC8CC(CC(C8)C6)C7)cc5)n4)ccc32)c1. The second kappa shape index (κ2) is 12.4. The largest absolute Gasteiger partial charge is 0.208 e. The topological polar surface area (TPSA) is 62.5 Å². The van der Waals surface area contributed by atoms with E-state index in [0.29, 0.717) is 28.5 Å². The predicted molar refractivity (Wildman–Crippen MR) is 218 cm³/mol. The zero-order chi connectivity index (χ0) is 36.6. The highest BCUT2D eigenvalue weighted by Gasteiger charge is 2.51. The molecule has 0 spiro atoms. The van der Waals surface area contributed by atoms with E-state index in [1.807, 2.05) is 36.4 Å². The summed E-state index contributed by atoms with van der Waals surface area (Å²) in [7, 11) is 0. The number of nitriles is 1. The van der Waals surface area contributed by atoms with Gasteiger partial charge in [-0.05, 0) is 119 Å². The van der Waals surface area contributed by atoms with Crippen LogP contribution in [-0.2, 0) is 10.8 Å². The summed E-state index contributed by atoms with van der Waals surface area (Å²) in [6, 6.07) is 56.0. The van der Waals surface area contributed by atoms with Gasteiger partial charge in [0.25, 0.3) is 0 Å². The van der Waals surface area contributed by atoms with Gasteiger partial charge in [0.2, 0.25) is 0 Å². The van der Waals surface area contributed by atoms with Gasteiger partial charge in [0, 0.05) is 16.7 Å². The van der Waals surface area contributed by atoms with Gasteiger partial charge >= 0.3 is 0 Å². The number of rotatable bonds is 6. The molecule has 0 N–H and O–H groups in total. The van der Waals surface area contributed by atoms with Crippen LogP contribution < -0.4 is 0 Å². The maximum atomic E-state index is 9.97. The van der Waals surface area contributed by atoms with E-state index in [1.165, 1.54) is 60.8 Å². The summed E-state index contributed by atoms with van der Waals surface area (Å²) in [4.78, 5) is 15.5. The van der Waals surface area contributed by atoms with E-state index in [2.05, 4.69) is 121 Å². The monoisotopic (exact) mass is 708 g/mol. The van der Waals surface area contributed by atoms with Crippen molar-refractivity contribution in [2.24, 2.45) is 17.8 Å². The summed E-state index contributed by atoms with van der Waals surface area (Å²) >= 11 is 0. The molecule has 1 atom stereocenters. The average molecular weight is 709 g/mol. The summed E-state index contributed by atoms with van der Waals surface area (Å²) in [6.45, 7) is 0. The van der Waals surface area contributed by atoms with Gasteiger partial charge in [-0.25, -0.2) is 15.0 Å². The fourth-order valence-corrected chi connectivity index (χ4v) is 11.5. The Morgan fingerprint density at radius 2 is 1.00 bits per heavy atom. The Hall–Kier alpha value is -6.18. The van der Waals surface area contributed by atoms with Crippen LogP contribution in [0.1, 0.15) is 71.9 Å². The minimum atomic E-state index is -0.601. The first kappa shape index (κ1) is 32.3. The quantitative estimate of drug-likeness (QED) is 0.172. The van der Waals surface area contributed by atoms with Crippen LogP contribution in [0.25, 0.3) is 45.3 Å². The Bertz CT molecular complexity index is 2600. The fourth-order valence-electron chi connectivity index (χ4n) is 11.5. The summed E-state index contributed by atoms with van der Waals surface area (Å²) in [5.74, 6) is 4.73. The zero-order valence-corrected chi connectivity index (χ0v) is 30.7. The van der Waals surface area contributed by atoms with Crippen LogP contribution in [0.3, 0.4) is 0 Å². The average Bonchev–Trinajstić information content (AvgIpc) is 3.54. The van der Waals surface area contributed by atoms with Gasteiger partial charge in [0.05, 0.1) is 17.0 Å². The van der Waals surface area contributed by atoms with E-state index in [9.17, 15) is 5.26 Å². The molecule has 0 amide bonds. The Morgan fingerprint density at radius 3 is 1.67 bits per heavy atom. The van der Waals surface area contributed by atoms with Crippen molar-refractivity contribution in [2.45, 2.75) is 49.4 Å². The van der Waals surface area contributed by atoms with Crippen molar-refractivity contribution < 1.29 is 0 Å². The van der Waals surface area contributed by atoms with Crippen molar-refractivity contribution in [3.8, 4) is 51.4 Å². The Labute approximate surface area is 322 Å². The molecule has 4 nitrogen and oxygen atoms in total. The van der Waals surface area contributed by atoms with Crippen LogP contribution in [0.15, 0.2) is 152 Å². The van der Waals surface area contributed by atoms with Crippen molar-refractivity contribution in [1.82, 2.24) is 15.0 Å². The molecule has 4 fully saturated rings. The van der Waals surface area contributed by atoms with Crippen molar-refractivity contribution >= 4 is 0 Å². The zero-order valence-electron chi connectivity index (χ0n) is 30.7. The second-order valence-electron chi connectivity index (χ2n) is 16.6. The summed E-state index contributed by atoms with van der Waals surface area (Å²) in [5, 5.41) is 9.97. The number of hydrogen-bond acceptors (Lipinski definition) is 4. The molecular formula is C51H40N4. The fraction of sp³-hybridized carbons (Fsp3) is 0.216. The standard InChI is InChI=1S/C51H40N4/c52-32-33-10-9-15-42(27-33)51(41-13-5-2-6-14-41)45-17-8-7-16-43(45)44-28-39(20-23-46(44)51)49-54-47(37-11-3-1-4-12-37)53-48(55-49)38-18-21-40(22-19-38)50-29-34-24-35(30-50)26-36(25-34)31-50/h1-23,27-28,34-36H,24-26,29-31H2. The highest BCUT2D eigenvalue weighted by atomic mass is 15.0. The Kier molecular flexibility index (Phi) is 7.29. The molecule has 55 heavy (non-hydrogen) atoms. The molecule has 12 rings (SSSR count). The minimum Gasteiger partial charge on any atom is -0.208 e. The van der Waals surface area contributed by atoms with Gasteiger partial charge in [-0.1, -0.05) is 133 Å². The lowest BCUT2D eigenvalue weighted by Crippen LogP contribution is -2.48. The van der Waals surface area contributed by atoms with E-state index >= 15 is 0 Å². The molecule has 264 valence electrons. The van der Waals surface area contributed by atoms with Crippen LogP contribution in [0.4, 0.5) is 0 Å². The van der Waals surface area contributed by atoms with Crippen LogP contribution in [0.2, 0.25) is 0 Å². The molecule has 0 radical (unpaired) electrons. The van der Waals surface area contributed by atoms with Crippen molar-refractivity contribution in [2.75, 3.05) is 0 Å². The smallest absolute Gasteiger partial charge is 0.164 e. The van der Waals surface area contributed by atoms with Gasteiger partial charge < -0.3 is 0 Å². The molecule has 4 saturated carbocycles. The number of aromatic nitrogens is 3. The molecule has 1 heterocycles. The summed E-state index contributed by atoms with van der Waals surface area (Å²) in [5.41, 5.74) is 11.7. The predicted octanol–water partition coefficient (Wildman–Crippen LogP) is 11.6. The van der Waals surface area contributed by atoms with Gasteiger partial charge in [0.1, 0.15) is 0 Å². The molecule has 1 unspecified atom stereocenters. The van der Waals surface area contributed by atoms with E-state index < -0.39 is 5.41 Å². The first-order valence-corrected chi connectivity index (χ1v) is 19.8. The first-order chi connectivity index (χ1) is 27.1. The Morgan fingerprint density at radius 1 is 0.455 bits per heavy atom. The lowest BCUT2D eigenvalue weighted by Gasteiger charge is -2.57. The molecule has 5 aliphatic rings. The molecule has 0 aliphatic heterocycles. The lowest BCUT2D eigenvalue weighted by molar-refractivity contribution is -0.00518. The number of benzene rings is 6. The molecule has 4 heteroatoms. The van der Waals surface area contributed by atoms with Crippen LogP contribution in [-0.4, -0.2) is 15.0 Å². The molecule has 4 bridgehead atoms. The molecular weight excluding hydrogens is 669 g/mol. The number of nitrogens with zero attached hydrogens (tertiary/aromatic N) is 4. The van der Waals surface area contributed by atoms with Gasteiger partial charge in [0.15, 0.2) is 17.5 Å². The third-order valence-corrected chi connectivity index (χ3v) is 13.4. The third-order valence-electron chi connectivity index (χ3n) is 13.4. The third kappa shape index (κ3) is 5.06. The highest BCUT2D eigenvalue weighted by molar-refractivity contribution is 5.88. The molecule has 7 aromatic rings. The van der Waals surface area contributed by atoms with Gasteiger partial charge in [-0.15, -0.1) is 0 Å². The minimum absolute atomic E-state index is 0.346. The van der Waals surface area contributed by atoms with E-state index in [-0.39, 0.29) is 0 Å². The summed E-state index contributed by atoms with van der Waals surface area (Å²) < 4.78 is 0. The number of fused-ring (bicyclic) bond motifs is 3. The molecule has 6 aromatic carbocycles. The Balaban J connectivity index is 1.06. The maximum Gasteiger partial charge on any atom is 0.164 e. The van der Waals surface area contributed by atoms with Crippen LogP contribution in [0.5, 0.6) is 0 Å². The lowest BCUT2D eigenvalue weighted by atomic mass is 9.48. The van der Waals surface area contributed by atoms with Gasteiger partial charge in [-0.3, -0.25) is 0 Å². The van der Waals surface area contributed by atoms with Crippen LogP contribution in [0, 0.1) is 29.1 Å². The van der Waals surface area contributed by atoms with Crippen molar-refractivity contribution in [1.29, 1.82) is 5.26 Å². The van der Waals surface area contributed by atoms with Crippen LogP contribution >= 0.6 is 0 Å². The second-order valence-corrected chi connectivity index (χ2v) is 16.6. The van der Waals surface area contributed by atoms with E-state index in [0.717, 1.165) is 51.1 Å². The highest BCUT2D eigenvalue weighted by Crippen LogP contribution is 2.61. The summed E-state index contributed by atoms with van der Waals surface area (Å²) in [6.07, 6.45) is 8.39. The maximum absolute atomic E-state index is 9.97. The van der Waals surface area contributed by atoms with Gasteiger partial charge in [-0.2, -0.15) is 5.26 Å². The van der Waals surface area contributed by atoms with E-state index in [1.54, 1.807) is 0 Å². The normalized spacial score (nSPS) is 24.2. The van der Waals surface area contributed by atoms with E-state index in [4.69, 9.17) is 15.0 Å². The molecule has 1 aromatic heterocycles. The van der Waals surface area contributed by atoms with Crippen molar-refractivity contribution in [3.05, 3.63) is 185 Å². The first-order valence-electron chi connectivity index (χ1n) is 19.8. The number of hydrogen-bond donors (Lipinski definition) is 0.